The normalized spacial score (nSPS) is 9.94. The van der Waals surface area contributed by atoms with Gasteiger partial charge in [-0.25, -0.2) is 4.79 Å². The maximum atomic E-state index is 10.8. The fourth-order valence-electron chi connectivity index (χ4n) is 1.43. The molecule has 0 saturated carbocycles. The molecule has 0 aromatic rings. The Bertz CT molecular complexity index is 225. The summed E-state index contributed by atoms with van der Waals surface area (Å²) < 4.78 is 0. The van der Waals surface area contributed by atoms with Gasteiger partial charge in [0.2, 0.25) is 5.91 Å². The summed E-state index contributed by atoms with van der Waals surface area (Å²) in [4.78, 5) is 20.9. The van der Waals surface area contributed by atoms with Gasteiger partial charge in [0.1, 0.15) is 5.88 Å². The van der Waals surface area contributed by atoms with Crippen LogP contribution in [0.5, 0.6) is 0 Å². The van der Waals surface area contributed by atoms with Gasteiger partial charge in [0.25, 0.3) is 0 Å². The summed E-state index contributed by atoms with van der Waals surface area (Å²) in [7, 11) is 0. The molecule has 0 aliphatic heterocycles. The highest BCUT2D eigenvalue weighted by molar-refractivity contribution is 6.27. The average Bonchev–Trinajstić information content (AvgIpc) is 2.30. The number of amides is 2. The molecular formula is C11H21ClN2O3. The van der Waals surface area contributed by atoms with Gasteiger partial charge in [-0.15, -0.1) is 11.6 Å². The molecule has 0 aliphatic rings. The quantitative estimate of drug-likeness (QED) is 0.417. The van der Waals surface area contributed by atoms with Crippen molar-refractivity contribution in [3.8, 4) is 0 Å². The molecule has 0 rings (SSSR count). The Labute approximate surface area is 107 Å². The standard InChI is InChI=1S/C11H21ClN2O3/c12-9-10(15)13-7-5-3-1-2-4-6-8-14-11(16)17/h14H,1-9H2,(H,13,15)(H,16,17). The van der Waals surface area contributed by atoms with Crippen LogP contribution in [0, 0.1) is 0 Å². The molecule has 0 radical (unpaired) electrons. The van der Waals surface area contributed by atoms with Crippen LogP contribution >= 0.6 is 11.6 Å². The van der Waals surface area contributed by atoms with Crippen molar-refractivity contribution in [3.05, 3.63) is 0 Å². The highest BCUT2D eigenvalue weighted by Crippen LogP contribution is 2.04. The molecule has 0 aliphatic carbocycles. The number of nitrogens with one attached hydrogen (secondary N) is 2. The van der Waals surface area contributed by atoms with E-state index in [1.165, 1.54) is 0 Å². The van der Waals surface area contributed by atoms with Gasteiger partial charge in [-0.2, -0.15) is 0 Å². The molecule has 0 unspecified atom stereocenters. The highest BCUT2D eigenvalue weighted by Gasteiger charge is 1.97. The van der Waals surface area contributed by atoms with Crippen LogP contribution in [-0.4, -0.2) is 36.1 Å². The Morgan fingerprint density at radius 1 is 0.882 bits per heavy atom. The summed E-state index contributed by atoms with van der Waals surface area (Å²) in [6.07, 6.45) is 5.23. The lowest BCUT2D eigenvalue weighted by molar-refractivity contribution is -0.118. The molecule has 0 fully saturated rings. The van der Waals surface area contributed by atoms with Gasteiger partial charge in [0.15, 0.2) is 0 Å². The van der Waals surface area contributed by atoms with Crippen LogP contribution in [0.2, 0.25) is 0 Å². The second kappa shape index (κ2) is 11.5. The number of hydrogen-bond acceptors (Lipinski definition) is 2. The SMILES string of the molecule is O=C(O)NCCCCCCCCNC(=O)CCl. The lowest BCUT2D eigenvalue weighted by Gasteiger charge is -2.03. The maximum Gasteiger partial charge on any atom is 0.404 e. The van der Waals surface area contributed by atoms with Crippen LogP contribution < -0.4 is 10.6 Å². The first kappa shape index (κ1) is 16.0. The minimum atomic E-state index is -0.958. The lowest BCUT2D eigenvalue weighted by atomic mass is 10.1. The van der Waals surface area contributed by atoms with E-state index in [0.717, 1.165) is 38.5 Å². The average molecular weight is 265 g/mol. The van der Waals surface area contributed by atoms with Gasteiger partial charge >= 0.3 is 6.09 Å². The molecule has 0 spiro atoms. The second-order valence-corrected chi connectivity index (χ2v) is 4.10. The van der Waals surface area contributed by atoms with Crippen molar-refractivity contribution in [2.24, 2.45) is 0 Å². The van der Waals surface area contributed by atoms with Crippen molar-refractivity contribution in [2.45, 2.75) is 38.5 Å². The molecule has 3 N–H and O–H groups in total. The Morgan fingerprint density at radius 2 is 1.35 bits per heavy atom. The fourth-order valence-corrected chi connectivity index (χ4v) is 1.52. The van der Waals surface area contributed by atoms with E-state index in [9.17, 15) is 9.59 Å². The molecule has 0 bridgehead atoms. The molecule has 17 heavy (non-hydrogen) atoms. The Hall–Kier alpha value is -0.970. The number of unbranched alkanes of at least 4 members (excludes halogenated alkanes) is 5. The van der Waals surface area contributed by atoms with Gasteiger partial charge in [-0.1, -0.05) is 25.7 Å². The topological polar surface area (TPSA) is 78.4 Å². The van der Waals surface area contributed by atoms with E-state index in [2.05, 4.69) is 10.6 Å². The van der Waals surface area contributed by atoms with Crippen LogP contribution in [0.25, 0.3) is 0 Å². The summed E-state index contributed by atoms with van der Waals surface area (Å²) >= 11 is 5.33. The zero-order chi connectivity index (χ0) is 12.9. The van der Waals surface area contributed by atoms with Gasteiger partial charge < -0.3 is 15.7 Å². The minimum absolute atomic E-state index is 0.0244. The summed E-state index contributed by atoms with van der Waals surface area (Å²) in [5, 5.41) is 13.4. The first-order valence-electron chi connectivity index (χ1n) is 5.96. The predicted octanol–water partition coefficient (Wildman–Crippen LogP) is 1.95. The van der Waals surface area contributed by atoms with Gasteiger partial charge in [0, 0.05) is 13.1 Å². The van der Waals surface area contributed by atoms with E-state index in [4.69, 9.17) is 16.7 Å². The van der Waals surface area contributed by atoms with Gasteiger partial charge in [-0.05, 0) is 12.8 Å². The second-order valence-electron chi connectivity index (χ2n) is 3.84. The number of carboxylic acid groups (broad SMARTS) is 1. The summed E-state index contributed by atoms with van der Waals surface area (Å²) in [5.41, 5.74) is 0. The van der Waals surface area contributed by atoms with Crippen molar-refractivity contribution in [2.75, 3.05) is 19.0 Å². The van der Waals surface area contributed by atoms with E-state index in [1.54, 1.807) is 0 Å². The molecule has 0 atom stereocenters. The van der Waals surface area contributed by atoms with Crippen molar-refractivity contribution in [3.63, 3.8) is 0 Å². The molecule has 5 nitrogen and oxygen atoms in total. The predicted molar refractivity (Wildman–Crippen MR) is 67.5 cm³/mol. The van der Waals surface area contributed by atoms with Gasteiger partial charge in [0.05, 0.1) is 0 Å². The third kappa shape index (κ3) is 13.0. The minimum Gasteiger partial charge on any atom is -0.465 e. The van der Waals surface area contributed by atoms with Gasteiger partial charge in [-0.3, -0.25) is 4.79 Å². The summed E-state index contributed by atoms with van der Waals surface area (Å²) in [6.45, 7) is 1.22. The first-order valence-corrected chi connectivity index (χ1v) is 6.49. The molecule has 0 heterocycles. The van der Waals surface area contributed by atoms with Crippen LogP contribution in [0.4, 0.5) is 4.79 Å². The van der Waals surface area contributed by atoms with Crippen LogP contribution in [0.15, 0.2) is 0 Å². The molecule has 0 aromatic heterocycles. The van der Waals surface area contributed by atoms with E-state index in [-0.39, 0.29) is 11.8 Å². The number of alkyl halides is 1. The molecule has 6 heteroatoms. The van der Waals surface area contributed by atoms with E-state index in [0.29, 0.717) is 13.1 Å². The number of rotatable bonds is 10. The third-order valence-corrected chi connectivity index (χ3v) is 2.57. The molecule has 2 amide bonds. The maximum absolute atomic E-state index is 10.8. The fraction of sp³-hybridized carbons (Fsp3) is 0.818. The first-order chi connectivity index (χ1) is 8.16. The summed E-state index contributed by atoms with van der Waals surface area (Å²) in [6, 6.07) is 0. The van der Waals surface area contributed by atoms with E-state index >= 15 is 0 Å². The van der Waals surface area contributed by atoms with E-state index < -0.39 is 6.09 Å². The van der Waals surface area contributed by atoms with Crippen molar-refractivity contribution in [1.29, 1.82) is 0 Å². The molecule has 0 aromatic carbocycles. The Kier molecular flexibility index (Phi) is 10.9. The van der Waals surface area contributed by atoms with Crippen molar-refractivity contribution in [1.82, 2.24) is 10.6 Å². The highest BCUT2D eigenvalue weighted by atomic mass is 35.5. The Morgan fingerprint density at radius 3 is 1.82 bits per heavy atom. The van der Waals surface area contributed by atoms with Crippen LogP contribution in [0.1, 0.15) is 38.5 Å². The monoisotopic (exact) mass is 264 g/mol. The van der Waals surface area contributed by atoms with Crippen LogP contribution in [-0.2, 0) is 4.79 Å². The van der Waals surface area contributed by atoms with Crippen molar-refractivity contribution >= 4 is 23.6 Å². The zero-order valence-corrected chi connectivity index (χ0v) is 10.8. The molecule has 100 valence electrons. The zero-order valence-electron chi connectivity index (χ0n) is 10.0. The third-order valence-electron chi connectivity index (χ3n) is 2.32. The molecular weight excluding hydrogens is 244 g/mol. The summed E-state index contributed by atoms with van der Waals surface area (Å²) in [5.74, 6) is -0.0947. The smallest absolute Gasteiger partial charge is 0.404 e. The number of halogens is 1. The number of carbonyl (C=O) groups excluding carboxylic acids is 1. The largest absolute Gasteiger partial charge is 0.465 e. The number of carbonyl (C=O) groups is 2. The van der Waals surface area contributed by atoms with Crippen LogP contribution in [0.3, 0.4) is 0 Å². The van der Waals surface area contributed by atoms with E-state index in [1.807, 2.05) is 0 Å². The van der Waals surface area contributed by atoms with Crippen molar-refractivity contribution < 1.29 is 14.7 Å². The molecule has 0 saturated heterocycles. The lowest BCUT2D eigenvalue weighted by Crippen LogP contribution is -2.25. The number of hydrogen-bond donors (Lipinski definition) is 3. The Balaban J connectivity index is 3.03.